The normalized spacial score (nSPS) is 19.0. The molecule has 23 heavy (non-hydrogen) atoms. The van der Waals surface area contributed by atoms with E-state index in [0.29, 0.717) is 11.1 Å². The predicted molar refractivity (Wildman–Crippen MR) is 84.7 cm³/mol. The minimum absolute atomic E-state index is 0. The average Bonchev–Trinajstić information content (AvgIpc) is 3.07. The first kappa shape index (κ1) is 16.0. The van der Waals surface area contributed by atoms with E-state index in [4.69, 9.17) is 0 Å². The summed E-state index contributed by atoms with van der Waals surface area (Å²) >= 11 is 0. The van der Waals surface area contributed by atoms with Gasteiger partial charge >= 0.3 is 0 Å². The van der Waals surface area contributed by atoms with Gasteiger partial charge in [-0.2, -0.15) is 0 Å². The molecule has 0 saturated carbocycles. The minimum atomic E-state index is -0.230. The van der Waals surface area contributed by atoms with Gasteiger partial charge in [0.1, 0.15) is 0 Å². The number of amides is 1. The number of benzene rings is 2. The van der Waals surface area contributed by atoms with Crippen molar-refractivity contribution < 1.29 is 42.3 Å². The van der Waals surface area contributed by atoms with E-state index < -0.39 is 0 Å². The maximum Gasteiger partial charge on any atom is 0.215 e. The van der Waals surface area contributed by atoms with Crippen LogP contribution in [0.3, 0.4) is 0 Å². The van der Waals surface area contributed by atoms with E-state index in [2.05, 4.69) is 11.4 Å². The van der Waals surface area contributed by atoms with Crippen molar-refractivity contribution in [3.63, 3.8) is 0 Å². The molecule has 1 amide bonds. The molecule has 3 nitrogen and oxygen atoms in total. The number of nitrogens with one attached hydrogen (secondary N) is 1. The molecule has 2 aliphatic rings. The van der Waals surface area contributed by atoms with Crippen LogP contribution < -0.4 is 5.32 Å². The summed E-state index contributed by atoms with van der Waals surface area (Å²) in [5.41, 5.74) is 4.16. The fourth-order valence-corrected chi connectivity index (χ4v) is 2.89. The summed E-state index contributed by atoms with van der Waals surface area (Å²) in [5, 5.41) is 2.80. The van der Waals surface area contributed by atoms with Crippen LogP contribution in [0.2, 0.25) is 0 Å². The van der Waals surface area contributed by atoms with E-state index in [9.17, 15) is 9.59 Å². The molecule has 0 bridgehead atoms. The zero-order valence-electron chi connectivity index (χ0n) is 12.3. The van der Waals surface area contributed by atoms with Crippen LogP contribution in [0.15, 0.2) is 60.2 Å². The van der Waals surface area contributed by atoms with Crippen molar-refractivity contribution in [2.45, 2.75) is 6.42 Å². The molecule has 1 heterocycles. The number of hydrogen-bond donors (Lipinski definition) is 1. The number of carbonyl (C=O) groups is 2. The quantitative estimate of drug-likeness (QED) is 0.615. The predicted octanol–water partition coefficient (Wildman–Crippen LogP) is 3.25. The Morgan fingerprint density at radius 2 is 1.61 bits per heavy atom. The molecule has 0 saturated heterocycles. The van der Waals surface area contributed by atoms with Gasteiger partial charge in [-0.1, -0.05) is 59.7 Å². The first-order chi connectivity index (χ1) is 10.7. The summed E-state index contributed by atoms with van der Waals surface area (Å²) in [6.07, 6.45) is 3.45. The number of ketones is 1. The second kappa shape index (κ2) is 6.34. The number of fused-ring (bicyclic) bond motifs is 1. The smallest absolute Gasteiger partial charge is 0.215 e. The Bertz CT molecular complexity index is 866. The Morgan fingerprint density at radius 1 is 0.913 bits per heavy atom. The summed E-state index contributed by atoms with van der Waals surface area (Å²) in [6.45, 7) is 0. The van der Waals surface area contributed by atoms with Crippen molar-refractivity contribution in [1.29, 1.82) is 0 Å². The van der Waals surface area contributed by atoms with Gasteiger partial charge in [0.25, 0.3) is 0 Å². The topological polar surface area (TPSA) is 46.2 Å². The Kier molecular flexibility index (Phi) is 4.42. The van der Waals surface area contributed by atoms with Crippen molar-refractivity contribution in [3.8, 4) is 0 Å². The third-order valence-electron chi connectivity index (χ3n) is 3.94. The molecule has 0 spiro atoms. The molecule has 0 aromatic heterocycles. The van der Waals surface area contributed by atoms with Gasteiger partial charge in [0, 0.05) is 38.4 Å². The van der Waals surface area contributed by atoms with E-state index in [1.54, 1.807) is 0 Å². The number of anilines is 1. The molecule has 1 aliphatic carbocycles. The van der Waals surface area contributed by atoms with Crippen molar-refractivity contribution in [1.82, 2.24) is 0 Å². The summed E-state index contributed by atoms with van der Waals surface area (Å²) in [5.74, 6) is -0.285. The van der Waals surface area contributed by atoms with Gasteiger partial charge in [-0.15, -0.1) is 11.6 Å². The number of carbonyl (C=O) groups excluding carboxylic acids is 2. The zero-order chi connectivity index (χ0) is 15.1. The van der Waals surface area contributed by atoms with Gasteiger partial charge in [-0.3, -0.25) is 4.79 Å². The van der Waals surface area contributed by atoms with Crippen molar-refractivity contribution in [2.75, 3.05) is 5.32 Å². The fraction of sp³-hybridized carbons (Fsp3) is 0.0526. The summed E-state index contributed by atoms with van der Waals surface area (Å²) < 4.78 is 0. The van der Waals surface area contributed by atoms with Gasteiger partial charge in [-0.25, -0.2) is 0 Å². The molecule has 1 aliphatic heterocycles. The monoisotopic (exact) mass is 375 g/mol. The minimum Gasteiger partial charge on any atom is -0.351 e. The molecule has 109 valence electrons. The van der Waals surface area contributed by atoms with Gasteiger partial charge < -0.3 is 10.1 Å². The number of rotatable bonds is 1. The Labute approximate surface area is 159 Å². The number of allylic oxidation sites excluding steroid dienone is 3. The van der Waals surface area contributed by atoms with E-state index in [1.165, 1.54) is 0 Å². The van der Waals surface area contributed by atoms with Crippen LogP contribution >= 0.6 is 0 Å². The Morgan fingerprint density at radius 3 is 2.39 bits per heavy atom. The van der Waals surface area contributed by atoms with Crippen molar-refractivity contribution in [2.24, 2.45) is 0 Å². The Hall–Kier alpha value is -1.84. The SMILES string of the molecule is O=C1CC(c2ccccc2)=[C-]/C1=C1\C(=O)Nc2ccccc21.[Y]. The molecule has 0 fully saturated rings. The van der Waals surface area contributed by atoms with Crippen LogP contribution in [0, 0.1) is 6.08 Å². The first-order valence-corrected chi connectivity index (χ1v) is 7.10. The summed E-state index contributed by atoms with van der Waals surface area (Å²) in [4.78, 5) is 24.6. The van der Waals surface area contributed by atoms with Crippen LogP contribution in [-0.2, 0) is 42.3 Å². The molecule has 4 heteroatoms. The van der Waals surface area contributed by atoms with E-state index in [-0.39, 0.29) is 50.8 Å². The standard InChI is InChI=1S/C19H12NO2.Y/c21-17-11-13(12-6-2-1-3-7-12)10-15(17)18-14-8-4-5-9-16(14)20-19(18)22;/h1-9H,11H2,(H,20,22);/q-1;/b18-15+;. The van der Waals surface area contributed by atoms with Gasteiger partial charge in [0.2, 0.25) is 5.91 Å². The number of Topliss-reactive ketones (excluding diaryl/α,β-unsaturated/α-hetero) is 1. The average molecular weight is 375 g/mol. The van der Waals surface area contributed by atoms with Crippen LogP contribution in [0.5, 0.6) is 0 Å². The van der Waals surface area contributed by atoms with Crippen molar-refractivity contribution in [3.05, 3.63) is 77.4 Å². The summed E-state index contributed by atoms with van der Waals surface area (Å²) in [6, 6.07) is 17.1. The molecule has 2 aromatic carbocycles. The maximum absolute atomic E-state index is 12.4. The number of hydrogen-bond acceptors (Lipinski definition) is 2. The molecule has 1 radical (unpaired) electrons. The molecule has 0 unspecified atom stereocenters. The molecular weight excluding hydrogens is 363 g/mol. The Balaban J connectivity index is 0.00000156. The van der Waals surface area contributed by atoms with E-state index >= 15 is 0 Å². The summed E-state index contributed by atoms with van der Waals surface area (Å²) in [7, 11) is 0. The molecule has 2 aromatic rings. The van der Waals surface area contributed by atoms with Gasteiger partial charge in [0.15, 0.2) is 0 Å². The van der Waals surface area contributed by atoms with Crippen LogP contribution in [0.4, 0.5) is 5.69 Å². The van der Waals surface area contributed by atoms with Crippen LogP contribution in [0.25, 0.3) is 11.1 Å². The van der Waals surface area contributed by atoms with Crippen LogP contribution in [-0.4, -0.2) is 11.7 Å². The molecule has 4 rings (SSSR count). The first-order valence-electron chi connectivity index (χ1n) is 7.10. The van der Waals surface area contributed by atoms with Gasteiger partial charge in [-0.05, 0) is 23.6 Å². The van der Waals surface area contributed by atoms with Crippen LogP contribution in [0.1, 0.15) is 17.5 Å². The third-order valence-corrected chi connectivity index (χ3v) is 3.94. The number of para-hydroxylation sites is 1. The molecule has 0 atom stereocenters. The largest absolute Gasteiger partial charge is 0.351 e. The van der Waals surface area contributed by atoms with E-state index in [1.807, 2.05) is 54.6 Å². The van der Waals surface area contributed by atoms with Gasteiger partial charge in [0.05, 0.1) is 5.78 Å². The van der Waals surface area contributed by atoms with E-state index in [0.717, 1.165) is 22.4 Å². The second-order valence-corrected chi connectivity index (χ2v) is 5.32. The maximum atomic E-state index is 12.4. The second-order valence-electron chi connectivity index (χ2n) is 5.32. The molecule has 1 N–H and O–H groups in total. The molecular formula is C19H12NO2Y-. The third kappa shape index (κ3) is 2.75. The van der Waals surface area contributed by atoms with Crippen molar-refractivity contribution >= 4 is 28.5 Å². The zero-order valence-corrected chi connectivity index (χ0v) is 15.1. The fourth-order valence-electron chi connectivity index (χ4n) is 2.89.